The summed E-state index contributed by atoms with van der Waals surface area (Å²) in [5, 5.41) is 12.4. The standard InChI is InChI=1S/C31H25N5O/c1-4-12-22(13-5-1)20-25-21-37-30(32-25)26-18-10-11-19-27(26)33-31-34-28(23-14-6-2-7-15-23)29(35-36-31)24-16-8-3-9-17-24/h1-19,25H,20-21H2,(H,33,34,36)/t25-/m1/s1. The highest BCUT2D eigenvalue weighted by molar-refractivity contribution is 6.01. The number of aliphatic imine (C=N–C) groups is 1. The predicted octanol–water partition coefficient (Wildman–Crippen LogP) is 6.34. The maximum Gasteiger partial charge on any atom is 0.247 e. The summed E-state index contributed by atoms with van der Waals surface area (Å²) in [5.41, 5.74) is 6.37. The Morgan fingerprint density at radius 1 is 0.676 bits per heavy atom. The van der Waals surface area contributed by atoms with Gasteiger partial charge in [0.1, 0.15) is 18.0 Å². The molecule has 6 heteroatoms. The summed E-state index contributed by atoms with van der Waals surface area (Å²) in [5.74, 6) is 1.03. The van der Waals surface area contributed by atoms with Crippen molar-refractivity contribution in [1.82, 2.24) is 15.2 Å². The molecule has 6 rings (SSSR count). The zero-order valence-electron chi connectivity index (χ0n) is 20.2. The van der Waals surface area contributed by atoms with Crippen LogP contribution in [0.2, 0.25) is 0 Å². The van der Waals surface area contributed by atoms with Gasteiger partial charge in [0, 0.05) is 11.1 Å². The zero-order valence-corrected chi connectivity index (χ0v) is 20.2. The van der Waals surface area contributed by atoms with Crippen LogP contribution >= 0.6 is 0 Å². The Hall–Kier alpha value is -4.84. The fourth-order valence-electron chi connectivity index (χ4n) is 4.42. The highest BCUT2D eigenvalue weighted by Crippen LogP contribution is 2.30. The van der Waals surface area contributed by atoms with Gasteiger partial charge in [-0.1, -0.05) is 103 Å². The molecule has 1 atom stereocenters. The number of para-hydroxylation sites is 1. The first-order chi connectivity index (χ1) is 18.3. The summed E-state index contributed by atoms with van der Waals surface area (Å²) in [6, 6.07) is 38.4. The van der Waals surface area contributed by atoms with E-state index in [1.807, 2.05) is 91.0 Å². The van der Waals surface area contributed by atoms with Crippen molar-refractivity contribution in [2.75, 3.05) is 11.9 Å². The van der Waals surface area contributed by atoms with E-state index in [2.05, 4.69) is 39.8 Å². The summed E-state index contributed by atoms with van der Waals surface area (Å²) < 4.78 is 6.03. The first kappa shape index (κ1) is 22.6. The van der Waals surface area contributed by atoms with Crippen LogP contribution in [0.25, 0.3) is 22.5 Å². The number of nitrogens with zero attached hydrogens (tertiary/aromatic N) is 4. The number of ether oxygens (including phenoxy) is 1. The smallest absolute Gasteiger partial charge is 0.247 e. The molecule has 0 spiro atoms. The monoisotopic (exact) mass is 483 g/mol. The number of hydrogen-bond donors (Lipinski definition) is 1. The number of anilines is 2. The minimum atomic E-state index is 0.0817. The van der Waals surface area contributed by atoms with Crippen molar-refractivity contribution in [1.29, 1.82) is 0 Å². The van der Waals surface area contributed by atoms with Crippen LogP contribution in [-0.4, -0.2) is 33.7 Å². The Bertz CT molecular complexity index is 1520. The summed E-state index contributed by atoms with van der Waals surface area (Å²) in [7, 11) is 0. The van der Waals surface area contributed by atoms with Crippen molar-refractivity contribution in [2.24, 2.45) is 4.99 Å². The van der Waals surface area contributed by atoms with Gasteiger partial charge in [0.05, 0.1) is 17.3 Å². The molecule has 0 aliphatic carbocycles. The van der Waals surface area contributed by atoms with E-state index in [9.17, 15) is 0 Å². The Labute approximate surface area is 215 Å². The topological polar surface area (TPSA) is 72.3 Å². The fourth-order valence-corrected chi connectivity index (χ4v) is 4.42. The van der Waals surface area contributed by atoms with Crippen LogP contribution in [0, 0.1) is 0 Å². The number of rotatable bonds is 7. The second kappa shape index (κ2) is 10.4. The molecule has 2 heterocycles. The third-order valence-corrected chi connectivity index (χ3v) is 6.21. The van der Waals surface area contributed by atoms with Crippen LogP contribution in [0.15, 0.2) is 120 Å². The van der Waals surface area contributed by atoms with Crippen molar-refractivity contribution in [3.63, 3.8) is 0 Å². The number of nitrogens with one attached hydrogen (secondary N) is 1. The maximum absolute atomic E-state index is 6.03. The van der Waals surface area contributed by atoms with Gasteiger partial charge < -0.3 is 10.1 Å². The van der Waals surface area contributed by atoms with Crippen LogP contribution in [0.1, 0.15) is 11.1 Å². The van der Waals surface area contributed by atoms with Crippen LogP contribution in [0.3, 0.4) is 0 Å². The van der Waals surface area contributed by atoms with E-state index in [0.29, 0.717) is 18.5 Å². The molecule has 1 aliphatic rings. The molecule has 0 amide bonds. The summed E-state index contributed by atoms with van der Waals surface area (Å²) in [4.78, 5) is 9.76. The van der Waals surface area contributed by atoms with Gasteiger partial charge in [-0.15, -0.1) is 10.2 Å². The van der Waals surface area contributed by atoms with Gasteiger partial charge in [0.25, 0.3) is 0 Å². The molecule has 0 fully saturated rings. The molecule has 37 heavy (non-hydrogen) atoms. The van der Waals surface area contributed by atoms with Crippen molar-refractivity contribution < 1.29 is 4.74 Å². The van der Waals surface area contributed by atoms with Crippen molar-refractivity contribution in [3.8, 4) is 22.5 Å². The van der Waals surface area contributed by atoms with Gasteiger partial charge in [-0.25, -0.2) is 9.98 Å². The zero-order chi connectivity index (χ0) is 24.9. The lowest BCUT2D eigenvalue weighted by atomic mass is 10.0. The molecule has 0 saturated carbocycles. The molecule has 1 aromatic heterocycles. The number of hydrogen-bond acceptors (Lipinski definition) is 6. The van der Waals surface area contributed by atoms with E-state index in [1.54, 1.807) is 0 Å². The number of aromatic nitrogens is 3. The van der Waals surface area contributed by atoms with E-state index in [0.717, 1.165) is 40.2 Å². The normalized spacial score (nSPS) is 14.6. The second-order valence-electron chi connectivity index (χ2n) is 8.82. The predicted molar refractivity (Wildman–Crippen MR) is 147 cm³/mol. The lowest BCUT2D eigenvalue weighted by molar-refractivity contribution is 0.317. The molecule has 5 aromatic rings. The lowest BCUT2D eigenvalue weighted by Gasteiger charge is -2.13. The van der Waals surface area contributed by atoms with Crippen molar-refractivity contribution >= 4 is 17.5 Å². The van der Waals surface area contributed by atoms with E-state index in [1.165, 1.54) is 5.56 Å². The average molecular weight is 484 g/mol. The SMILES string of the molecule is c1ccc(C[C@@H]2COC(c3ccccc3Nc3nnc(-c4ccccc4)c(-c4ccccc4)n3)=N2)cc1. The van der Waals surface area contributed by atoms with Crippen LogP contribution in [0.4, 0.5) is 11.6 Å². The third-order valence-electron chi connectivity index (χ3n) is 6.21. The summed E-state index contributed by atoms with van der Waals surface area (Å²) in [6.07, 6.45) is 0.842. The molecule has 0 unspecified atom stereocenters. The quantitative estimate of drug-likeness (QED) is 0.293. The second-order valence-corrected chi connectivity index (χ2v) is 8.82. The molecule has 180 valence electrons. The van der Waals surface area contributed by atoms with E-state index in [4.69, 9.17) is 14.7 Å². The molecule has 4 aromatic carbocycles. The Morgan fingerprint density at radius 3 is 2.03 bits per heavy atom. The van der Waals surface area contributed by atoms with E-state index in [-0.39, 0.29) is 6.04 Å². The first-order valence-corrected chi connectivity index (χ1v) is 12.3. The number of benzene rings is 4. The lowest BCUT2D eigenvalue weighted by Crippen LogP contribution is -2.10. The molecular weight excluding hydrogens is 458 g/mol. The Morgan fingerprint density at radius 2 is 1.30 bits per heavy atom. The molecular formula is C31H25N5O. The molecule has 0 saturated heterocycles. The average Bonchev–Trinajstić information content (AvgIpc) is 3.43. The molecule has 0 bridgehead atoms. The summed E-state index contributed by atoms with van der Waals surface area (Å²) in [6.45, 7) is 0.556. The van der Waals surface area contributed by atoms with Gasteiger partial charge in [0.15, 0.2) is 0 Å². The minimum Gasteiger partial charge on any atom is -0.475 e. The minimum absolute atomic E-state index is 0.0817. The van der Waals surface area contributed by atoms with Gasteiger partial charge in [-0.05, 0) is 24.1 Å². The van der Waals surface area contributed by atoms with E-state index >= 15 is 0 Å². The largest absolute Gasteiger partial charge is 0.475 e. The van der Waals surface area contributed by atoms with Gasteiger partial charge in [-0.3, -0.25) is 0 Å². The molecule has 1 N–H and O–H groups in total. The third kappa shape index (κ3) is 5.09. The van der Waals surface area contributed by atoms with Crippen LogP contribution in [0.5, 0.6) is 0 Å². The van der Waals surface area contributed by atoms with Gasteiger partial charge in [-0.2, -0.15) is 0 Å². The van der Waals surface area contributed by atoms with Gasteiger partial charge in [0.2, 0.25) is 11.8 Å². The fraction of sp³-hybridized carbons (Fsp3) is 0.0968. The summed E-state index contributed by atoms with van der Waals surface area (Å²) >= 11 is 0. The van der Waals surface area contributed by atoms with Gasteiger partial charge >= 0.3 is 0 Å². The highest BCUT2D eigenvalue weighted by atomic mass is 16.5. The molecule has 1 aliphatic heterocycles. The van der Waals surface area contributed by atoms with Crippen LogP contribution < -0.4 is 5.32 Å². The Balaban J connectivity index is 1.31. The highest BCUT2D eigenvalue weighted by Gasteiger charge is 2.23. The van der Waals surface area contributed by atoms with Crippen molar-refractivity contribution in [3.05, 3.63) is 126 Å². The molecule has 6 nitrogen and oxygen atoms in total. The first-order valence-electron chi connectivity index (χ1n) is 12.3. The maximum atomic E-state index is 6.03. The molecule has 0 radical (unpaired) electrons. The Kier molecular flexibility index (Phi) is 6.37. The van der Waals surface area contributed by atoms with Crippen LogP contribution in [-0.2, 0) is 11.2 Å². The van der Waals surface area contributed by atoms with E-state index < -0.39 is 0 Å². The van der Waals surface area contributed by atoms with Crippen molar-refractivity contribution in [2.45, 2.75) is 12.5 Å².